The molecule has 108 valence electrons. The Kier molecular flexibility index (Phi) is 4.02. The van der Waals surface area contributed by atoms with Crippen molar-refractivity contribution in [2.45, 2.75) is 50.0 Å². The number of alkyl halides is 1. The molecule has 0 unspecified atom stereocenters. The molecule has 3 rings (SSSR count). The molecular formula is C17H22ClNO. The lowest BCUT2D eigenvalue weighted by Gasteiger charge is -2.39. The molecule has 3 heteroatoms. The highest BCUT2D eigenvalue weighted by atomic mass is 35.5. The maximum absolute atomic E-state index is 13.1. The van der Waals surface area contributed by atoms with E-state index in [4.69, 9.17) is 11.6 Å². The van der Waals surface area contributed by atoms with E-state index >= 15 is 0 Å². The predicted octanol–water partition coefficient (Wildman–Crippen LogP) is 3.73. The molecule has 0 N–H and O–H groups in total. The van der Waals surface area contributed by atoms with Crippen molar-refractivity contribution in [3.05, 3.63) is 35.9 Å². The molecule has 0 bridgehead atoms. The van der Waals surface area contributed by atoms with Gasteiger partial charge in [0.15, 0.2) is 0 Å². The molecular weight excluding hydrogens is 270 g/mol. The largest absolute Gasteiger partial charge is 0.339 e. The molecule has 2 nitrogen and oxygen atoms in total. The van der Waals surface area contributed by atoms with Gasteiger partial charge in [0.1, 0.15) is 0 Å². The Bertz CT molecular complexity index is 465. The summed E-state index contributed by atoms with van der Waals surface area (Å²) in [6.07, 6.45) is 6.49. The van der Waals surface area contributed by atoms with Crippen molar-refractivity contribution < 1.29 is 4.79 Å². The van der Waals surface area contributed by atoms with Gasteiger partial charge in [-0.05, 0) is 44.1 Å². The lowest BCUT2D eigenvalue weighted by Crippen LogP contribution is -2.49. The molecule has 20 heavy (non-hydrogen) atoms. The van der Waals surface area contributed by atoms with Crippen LogP contribution in [0.4, 0.5) is 0 Å². The van der Waals surface area contributed by atoms with E-state index in [1.54, 1.807) is 0 Å². The van der Waals surface area contributed by atoms with Gasteiger partial charge in [0.25, 0.3) is 0 Å². The minimum atomic E-state index is -0.219. The minimum Gasteiger partial charge on any atom is -0.339 e. The molecule has 1 aromatic carbocycles. The number of hydrogen-bond donors (Lipinski definition) is 0. The lowest BCUT2D eigenvalue weighted by molar-refractivity contribution is -0.138. The molecule has 0 saturated heterocycles. The molecule has 2 aliphatic rings. The van der Waals surface area contributed by atoms with E-state index in [-0.39, 0.29) is 5.41 Å². The Morgan fingerprint density at radius 1 is 1.25 bits per heavy atom. The van der Waals surface area contributed by atoms with Gasteiger partial charge < -0.3 is 4.90 Å². The van der Waals surface area contributed by atoms with Gasteiger partial charge >= 0.3 is 0 Å². The van der Waals surface area contributed by atoms with Crippen LogP contribution in [0.3, 0.4) is 0 Å². The molecule has 2 aliphatic carbocycles. The first kappa shape index (κ1) is 13.9. The Labute approximate surface area is 126 Å². The Morgan fingerprint density at radius 3 is 2.45 bits per heavy atom. The molecule has 0 spiro atoms. The van der Waals surface area contributed by atoms with E-state index in [2.05, 4.69) is 17.0 Å². The quantitative estimate of drug-likeness (QED) is 0.731. The molecule has 2 saturated carbocycles. The van der Waals surface area contributed by atoms with Gasteiger partial charge in [0.05, 0.1) is 5.41 Å². The first-order chi connectivity index (χ1) is 9.78. The van der Waals surface area contributed by atoms with E-state index in [0.717, 1.165) is 25.8 Å². The molecule has 1 amide bonds. The SMILES string of the molecule is O=C(N(CCCCl)C1CCC1)C1(c2ccccc2)CC1. The zero-order chi connectivity index (χ0) is 14.0. The zero-order valence-corrected chi connectivity index (χ0v) is 12.6. The summed E-state index contributed by atoms with van der Waals surface area (Å²) in [7, 11) is 0. The predicted molar refractivity (Wildman–Crippen MR) is 82.0 cm³/mol. The normalized spacial score (nSPS) is 20.2. The van der Waals surface area contributed by atoms with E-state index < -0.39 is 0 Å². The molecule has 1 aromatic rings. The average Bonchev–Trinajstić information content (AvgIpc) is 3.23. The van der Waals surface area contributed by atoms with E-state index in [1.807, 2.05) is 18.2 Å². The van der Waals surface area contributed by atoms with Crippen molar-refractivity contribution in [3.8, 4) is 0 Å². The number of carbonyl (C=O) groups excluding carboxylic acids is 1. The van der Waals surface area contributed by atoms with Gasteiger partial charge in [-0.25, -0.2) is 0 Å². The van der Waals surface area contributed by atoms with Gasteiger partial charge in [-0.15, -0.1) is 11.6 Å². The first-order valence-corrected chi connectivity index (χ1v) is 8.24. The monoisotopic (exact) mass is 291 g/mol. The molecule has 2 fully saturated rings. The molecule has 0 aliphatic heterocycles. The van der Waals surface area contributed by atoms with Crippen molar-refractivity contribution in [2.24, 2.45) is 0 Å². The number of halogens is 1. The summed E-state index contributed by atoms with van der Waals surface area (Å²) in [5.74, 6) is 0.980. The maximum atomic E-state index is 13.1. The second kappa shape index (κ2) is 5.77. The number of rotatable bonds is 6. The Balaban J connectivity index is 1.78. The van der Waals surface area contributed by atoms with E-state index in [0.29, 0.717) is 17.8 Å². The third kappa shape index (κ3) is 2.46. The summed E-state index contributed by atoms with van der Waals surface area (Å²) < 4.78 is 0. The highest BCUT2D eigenvalue weighted by Crippen LogP contribution is 2.50. The summed E-state index contributed by atoms with van der Waals surface area (Å²) in [5.41, 5.74) is 0.976. The van der Waals surface area contributed by atoms with Crippen molar-refractivity contribution in [3.63, 3.8) is 0 Å². The van der Waals surface area contributed by atoms with Gasteiger partial charge in [-0.1, -0.05) is 30.3 Å². The van der Waals surface area contributed by atoms with Crippen molar-refractivity contribution in [2.75, 3.05) is 12.4 Å². The number of amides is 1. The first-order valence-electron chi connectivity index (χ1n) is 7.70. The van der Waals surface area contributed by atoms with Gasteiger partial charge in [-0.2, -0.15) is 0 Å². The minimum absolute atomic E-state index is 0.219. The van der Waals surface area contributed by atoms with E-state index in [1.165, 1.54) is 24.8 Å². The van der Waals surface area contributed by atoms with Crippen LogP contribution < -0.4 is 0 Å². The van der Waals surface area contributed by atoms with Crippen molar-refractivity contribution >= 4 is 17.5 Å². The van der Waals surface area contributed by atoms with Crippen LogP contribution in [0.15, 0.2) is 30.3 Å². The second-order valence-corrected chi connectivity index (χ2v) is 6.45. The van der Waals surface area contributed by atoms with Crippen LogP contribution in [0, 0.1) is 0 Å². The maximum Gasteiger partial charge on any atom is 0.233 e. The number of carbonyl (C=O) groups is 1. The summed E-state index contributed by atoms with van der Waals surface area (Å²) in [6, 6.07) is 10.8. The average molecular weight is 292 g/mol. The summed E-state index contributed by atoms with van der Waals surface area (Å²) >= 11 is 5.83. The smallest absolute Gasteiger partial charge is 0.233 e. The summed E-state index contributed by atoms with van der Waals surface area (Å²) in [5, 5.41) is 0. The third-order valence-electron chi connectivity index (χ3n) is 4.79. The molecule has 0 aromatic heterocycles. The fourth-order valence-corrected chi connectivity index (χ4v) is 3.28. The molecule has 0 atom stereocenters. The van der Waals surface area contributed by atoms with Crippen molar-refractivity contribution in [1.29, 1.82) is 0 Å². The fourth-order valence-electron chi connectivity index (χ4n) is 3.16. The number of benzene rings is 1. The summed E-state index contributed by atoms with van der Waals surface area (Å²) in [4.78, 5) is 15.2. The summed E-state index contributed by atoms with van der Waals surface area (Å²) in [6.45, 7) is 0.821. The fraction of sp³-hybridized carbons (Fsp3) is 0.588. The van der Waals surface area contributed by atoms with Crippen LogP contribution in [-0.4, -0.2) is 29.3 Å². The lowest BCUT2D eigenvalue weighted by atomic mass is 9.88. The second-order valence-electron chi connectivity index (χ2n) is 6.07. The van der Waals surface area contributed by atoms with Crippen LogP contribution in [0.2, 0.25) is 0 Å². The highest BCUT2D eigenvalue weighted by Gasteiger charge is 2.53. The van der Waals surface area contributed by atoms with E-state index in [9.17, 15) is 4.79 Å². The van der Waals surface area contributed by atoms with Gasteiger partial charge in [0, 0.05) is 18.5 Å². The standard InChI is InChI=1S/C17H22ClNO/c18-12-5-13-19(15-8-4-9-15)16(20)17(10-11-17)14-6-2-1-3-7-14/h1-3,6-7,15H,4-5,8-13H2. The number of nitrogens with zero attached hydrogens (tertiary/aromatic N) is 1. The molecule has 0 radical (unpaired) electrons. The van der Waals surface area contributed by atoms with Gasteiger partial charge in [-0.3, -0.25) is 4.79 Å². The Hall–Kier alpha value is -1.02. The number of hydrogen-bond acceptors (Lipinski definition) is 1. The van der Waals surface area contributed by atoms with Crippen LogP contribution >= 0.6 is 11.6 Å². The van der Waals surface area contributed by atoms with Crippen LogP contribution in [0.1, 0.15) is 44.1 Å². The van der Waals surface area contributed by atoms with Crippen LogP contribution in [0.5, 0.6) is 0 Å². The Morgan fingerprint density at radius 2 is 1.95 bits per heavy atom. The topological polar surface area (TPSA) is 20.3 Å². The molecule has 0 heterocycles. The van der Waals surface area contributed by atoms with Crippen LogP contribution in [0.25, 0.3) is 0 Å². The van der Waals surface area contributed by atoms with Gasteiger partial charge in [0.2, 0.25) is 5.91 Å². The van der Waals surface area contributed by atoms with Crippen molar-refractivity contribution in [1.82, 2.24) is 4.90 Å². The third-order valence-corrected chi connectivity index (χ3v) is 5.06. The highest BCUT2D eigenvalue weighted by molar-refractivity contribution is 6.17. The van der Waals surface area contributed by atoms with Crippen LogP contribution in [-0.2, 0) is 10.2 Å². The zero-order valence-electron chi connectivity index (χ0n) is 11.9.